The zero-order valence-electron chi connectivity index (χ0n) is 10.2. The number of nitrogens with one attached hydrogen (secondary N) is 1. The van der Waals surface area contributed by atoms with Crippen LogP contribution in [0.5, 0.6) is 0 Å². The summed E-state index contributed by atoms with van der Waals surface area (Å²) in [5, 5.41) is 13.7. The Morgan fingerprint density at radius 1 is 1.61 bits per heavy atom. The summed E-state index contributed by atoms with van der Waals surface area (Å²) in [6.07, 6.45) is 1.11. The van der Waals surface area contributed by atoms with E-state index in [1.165, 1.54) is 11.3 Å². The van der Waals surface area contributed by atoms with Gasteiger partial charge in [0.05, 0.1) is 0 Å². The van der Waals surface area contributed by atoms with Crippen molar-refractivity contribution < 1.29 is 0 Å². The molecule has 2 fully saturated rings. The van der Waals surface area contributed by atoms with Crippen molar-refractivity contribution in [3.05, 3.63) is 10.0 Å². The van der Waals surface area contributed by atoms with Crippen LogP contribution in [-0.2, 0) is 0 Å². The molecule has 2 aliphatic heterocycles. The van der Waals surface area contributed by atoms with E-state index in [2.05, 4.69) is 28.2 Å². The summed E-state index contributed by atoms with van der Waals surface area (Å²) in [5.74, 6) is 1.42. The SMILES string of the molecule is CCC1C2CNCC2CN1c1nc(Cl)c(C#N)s1. The van der Waals surface area contributed by atoms with Crippen molar-refractivity contribution >= 4 is 28.1 Å². The summed E-state index contributed by atoms with van der Waals surface area (Å²) in [4.78, 5) is 7.24. The number of aromatic nitrogens is 1. The van der Waals surface area contributed by atoms with Crippen LogP contribution in [0.1, 0.15) is 18.2 Å². The number of nitrogens with zero attached hydrogens (tertiary/aromatic N) is 3. The molecular weight excluding hydrogens is 268 g/mol. The Balaban J connectivity index is 1.89. The highest BCUT2D eigenvalue weighted by atomic mass is 35.5. The molecule has 2 saturated heterocycles. The number of rotatable bonds is 2. The van der Waals surface area contributed by atoms with Gasteiger partial charge in [-0.2, -0.15) is 5.26 Å². The van der Waals surface area contributed by atoms with E-state index in [4.69, 9.17) is 16.9 Å². The number of hydrogen-bond acceptors (Lipinski definition) is 5. The summed E-state index contributed by atoms with van der Waals surface area (Å²) in [6.45, 7) is 5.45. The molecule has 3 heterocycles. The molecule has 0 radical (unpaired) electrons. The number of fused-ring (bicyclic) bond motifs is 1. The first-order valence-corrected chi connectivity index (χ1v) is 7.47. The quantitative estimate of drug-likeness (QED) is 0.903. The minimum absolute atomic E-state index is 0.350. The second-order valence-corrected chi connectivity index (χ2v) is 6.27. The fourth-order valence-corrected chi connectivity index (χ4v) is 4.36. The highest BCUT2D eigenvalue weighted by Gasteiger charge is 2.44. The van der Waals surface area contributed by atoms with E-state index in [0.717, 1.165) is 31.2 Å². The summed E-state index contributed by atoms with van der Waals surface area (Å²) < 4.78 is 0. The number of anilines is 1. The van der Waals surface area contributed by atoms with Crippen LogP contribution < -0.4 is 10.2 Å². The molecule has 0 bridgehead atoms. The second kappa shape index (κ2) is 4.69. The fraction of sp³-hybridized carbons (Fsp3) is 0.667. The monoisotopic (exact) mass is 282 g/mol. The molecule has 0 aromatic carbocycles. The molecule has 1 N–H and O–H groups in total. The van der Waals surface area contributed by atoms with Gasteiger partial charge >= 0.3 is 0 Å². The Labute approximate surface area is 116 Å². The van der Waals surface area contributed by atoms with Gasteiger partial charge in [-0.05, 0) is 18.3 Å². The van der Waals surface area contributed by atoms with Crippen molar-refractivity contribution in [2.45, 2.75) is 19.4 Å². The Morgan fingerprint density at radius 2 is 2.44 bits per heavy atom. The van der Waals surface area contributed by atoms with E-state index in [0.29, 0.717) is 27.9 Å². The molecule has 0 aliphatic carbocycles. The molecule has 1 aromatic rings. The molecule has 3 unspecified atom stereocenters. The largest absolute Gasteiger partial charge is 0.344 e. The Morgan fingerprint density at radius 3 is 3.11 bits per heavy atom. The summed E-state index contributed by atoms with van der Waals surface area (Å²) in [5.41, 5.74) is 0. The minimum Gasteiger partial charge on any atom is -0.344 e. The molecule has 96 valence electrons. The lowest BCUT2D eigenvalue weighted by Crippen LogP contribution is -2.35. The third-order valence-corrected chi connectivity index (χ3v) is 5.44. The van der Waals surface area contributed by atoms with Gasteiger partial charge in [-0.25, -0.2) is 4.98 Å². The second-order valence-electron chi connectivity index (χ2n) is 4.94. The Bertz CT molecular complexity index is 495. The lowest BCUT2D eigenvalue weighted by Gasteiger charge is -2.26. The van der Waals surface area contributed by atoms with E-state index in [1.54, 1.807) is 0 Å². The average molecular weight is 283 g/mol. The van der Waals surface area contributed by atoms with Crippen LogP contribution in [0.15, 0.2) is 0 Å². The van der Waals surface area contributed by atoms with E-state index in [1.807, 2.05) is 0 Å². The fourth-order valence-electron chi connectivity index (χ4n) is 3.25. The van der Waals surface area contributed by atoms with Gasteiger partial charge in [-0.3, -0.25) is 0 Å². The van der Waals surface area contributed by atoms with E-state index in [-0.39, 0.29) is 0 Å². The van der Waals surface area contributed by atoms with Crippen LogP contribution >= 0.6 is 22.9 Å². The molecule has 18 heavy (non-hydrogen) atoms. The first kappa shape index (κ1) is 12.2. The average Bonchev–Trinajstić information content (AvgIpc) is 3.00. The third kappa shape index (κ3) is 1.80. The van der Waals surface area contributed by atoms with Crippen molar-refractivity contribution in [2.75, 3.05) is 24.5 Å². The van der Waals surface area contributed by atoms with E-state index < -0.39 is 0 Å². The maximum atomic E-state index is 8.97. The molecule has 2 aliphatic rings. The molecule has 3 rings (SSSR count). The lowest BCUT2D eigenvalue weighted by molar-refractivity contribution is 0.442. The highest BCUT2D eigenvalue weighted by molar-refractivity contribution is 7.16. The van der Waals surface area contributed by atoms with Gasteiger partial charge in [0, 0.05) is 25.7 Å². The highest BCUT2D eigenvalue weighted by Crippen LogP contribution is 2.40. The molecule has 0 amide bonds. The number of nitriles is 1. The van der Waals surface area contributed by atoms with Gasteiger partial charge in [0.2, 0.25) is 0 Å². The predicted molar refractivity (Wildman–Crippen MR) is 73.1 cm³/mol. The van der Waals surface area contributed by atoms with Crippen molar-refractivity contribution in [2.24, 2.45) is 11.8 Å². The minimum atomic E-state index is 0.350. The van der Waals surface area contributed by atoms with Crippen LogP contribution in [-0.4, -0.2) is 30.7 Å². The topological polar surface area (TPSA) is 52.0 Å². The van der Waals surface area contributed by atoms with Gasteiger partial charge in [0.25, 0.3) is 0 Å². The summed E-state index contributed by atoms with van der Waals surface area (Å²) in [6, 6.07) is 2.63. The summed E-state index contributed by atoms with van der Waals surface area (Å²) >= 11 is 7.39. The molecule has 4 nitrogen and oxygen atoms in total. The number of thiazole rings is 1. The molecule has 1 aromatic heterocycles. The smallest absolute Gasteiger partial charge is 0.188 e. The molecule has 0 saturated carbocycles. The lowest BCUT2D eigenvalue weighted by atomic mass is 9.93. The molecule has 3 atom stereocenters. The predicted octanol–water partition coefficient (Wildman–Crippen LogP) is 2.10. The van der Waals surface area contributed by atoms with Crippen LogP contribution in [0.2, 0.25) is 5.15 Å². The number of halogens is 1. The van der Waals surface area contributed by atoms with Crippen molar-refractivity contribution in [1.82, 2.24) is 10.3 Å². The van der Waals surface area contributed by atoms with Crippen molar-refractivity contribution in [3.8, 4) is 6.07 Å². The van der Waals surface area contributed by atoms with Gasteiger partial charge in [0.15, 0.2) is 10.3 Å². The molecule has 0 spiro atoms. The molecule has 6 heteroatoms. The van der Waals surface area contributed by atoms with Gasteiger partial charge in [0.1, 0.15) is 10.9 Å². The van der Waals surface area contributed by atoms with Crippen LogP contribution in [0.4, 0.5) is 5.13 Å². The summed E-state index contributed by atoms with van der Waals surface area (Å²) in [7, 11) is 0. The molecular formula is C12H15ClN4S. The third-order valence-electron chi connectivity index (χ3n) is 4.06. The number of hydrogen-bond donors (Lipinski definition) is 1. The zero-order chi connectivity index (χ0) is 12.7. The van der Waals surface area contributed by atoms with Crippen molar-refractivity contribution in [1.29, 1.82) is 5.26 Å². The van der Waals surface area contributed by atoms with Gasteiger partial charge in [-0.15, -0.1) is 0 Å². The van der Waals surface area contributed by atoms with Crippen molar-refractivity contribution in [3.63, 3.8) is 0 Å². The standard InChI is InChI=1S/C12H15ClN4S/c1-2-9-8-5-15-4-7(8)6-17(9)12-16-11(13)10(3-14)18-12/h7-9,15H,2,4-6H2,1H3. The van der Waals surface area contributed by atoms with Crippen LogP contribution in [0.3, 0.4) is 0 Å². The van der Waals surface area contributed by atoms with Crippen LogP contribution in [0.25, 0.3) is 0 Å². The maximum Gasteiger partial charge on any atom is 0.188 e. The first-order chi connectivity index (χ1) is 8.74. The first-order valence-electron chi connectivity index (χ1n) is 6.28. The van der Waals surface area contributed by atoms with Gasteiger partial charge in [-0.1, -0.05) is 29.9 Å². The Hall–Kier alpha value is -0.830. The van der Waals surface area contributed by atoms with E-state index >= 15 is 0 Å². The Kier molecular flexibility index (Phi) is 3.18. The van der Waals surface area contributed by atoms with Gasteiger partial charge < -0.3 is 10.2 Å². The normalized spacial score (nSPS) is 30.5. The van der Waals surface area contributed by atoms with Crippen LogP contribution in [0, 0.1) is 23.2 Å². The zero-order valence-corrected chi connectivity index (χ0v) is 11.8. The van der Waals surface area contributed by atoms with E-state index in [9.17, 15) is 0 Å². The maximum absolute atomic E-state index is 8.97.